The Morgan fingerprint density at radius 2 is 0.295 bits per heavy atom. The highest BCUT2D eigenvalue weighted by Crippen LogP contribution is 2.22. The maximum Gasteiger partial charge on any atom is 0.0245 e. The molecule has 12 aromatic rings. The smallest absolute Gasteiger partial charge is 0.0245 e. The van der Waals surface area contributed by atoms with Crippen LogP contribution in [0.3, 0.4) is 0 Å². The number of aryl methyl sites for hydroxylation is 14. The maximum absolute atomic E-state index is 2.98. The van der Waals surface area contributed by atoms with Gasteiger partial charge < -0.3 is 0 Å². The third-order valence-electron chi connectivity index (χ3n) is 14.3. The Morgan fingerprint density at radius 1 is 0.159 bits per heavy atom. The van der Waals surface area contributed by atoms with Gasteiger partial charge in [-0.3, -0.25) is 0 Å². The lowest BCUT2D eigenvalue weighted by Crippen LogP contribution is -1.78. The fourth-order valence-corrected chi connectivity index (χ4v) is 8.79. The van der Waals surface area contributed by atoms with Crippen LogP contribution >= 0.6 is 0 Å². The van der Waals surface area contributed by atoms with Crippen LogP contribution in [0.25, 0.3) is 43.8 Å². The van der Waals surface area contributed by atoms with Gasteiger partial charge in [0.15, 0.2) is 0 Å². The van der Waals surface area contributed by atoms with Crippen molar-refractivity contribution in [1.82, 2.24) is 0 Å². The fourth-order valence-electron chi connectivity index (χ4n) is 8.79. The van der Waals surface area contributed by atoms with Crippen molar-refractivity contribution < 1.29 is 0 Å². The Kier molecular flexibility index (Phi) is 29.0. The average molecular weight is 1150 g/mol. The normalized spacial score (nSPS) is 9.64. The first-order valence-electron chi connectivity index (χ1n) is 30.5. The van der Waals surface area contributed by atoms with E-state index >= 15 is 0 Å². The minimum absolute atomic E-state index is 1.09. The van der Waals surface area contributed by atoms with Crippen molar-refractivity contribution in [3.8, 4) is 45.9 Å². The summed E-state index contributed by atoms with van der Waals surface area (Å²) in [7, 11) is 0. The first-order chi connectivity index (χ1) is 42.2. The van der Waals surface area contributed by atoms with Gasteiger partial charge in [-0.15, -0.1) is 11.8 Å². The molecule has 0 fully saturated rings. The predicted octanol–water partition coefficient (Wildman–Crippen LogP) is 24.2. The Balaban J connectivity index is 0.000000185. The van der Waals surface area contributed by atoms with Crippen molar-refractivity contribution in [2.24, 2.45) is 0 Å². The zero-order valence-electron chi connectivity index (χ0n) is 55.4. The molecule has 12 aromatic carbocycles. The second-order valence-electron chi connectivity index (χ2n) is 23.0. The van der Waals surface area contributed by atoms with Crippen molar-refractivity contribution >= 4 is 21.5 Å². The molecular weight excluding hydrogens is 1060 g/mol. The highest BCUT2D eigenvalue weighted by atomic mass is 14.0. The lowest BCUT2D eigenvalue weighted by Gasteiger charge is -2.02. The average Bonchev–Trinajstić information content (AvgIpc) is 3.39. The molecule has 0 radical (unpaired) electrons. The van der Waals surface area contributed by atoms with Crippen molar-refractivity contribution in [2.45, 2.75) is 111 Å². The molecule has 12 rings (SSSR count). The summed E-state index contributed by atoms with van der Waals surface area (Å²) in [6.45, 7) is 33.2. The second kappa shape index (κ2) is 37.0. The summed E-state index contributed by atoms with van der Waals surface area (Å²) in [5.74, 6) is 11.7. The molecule has 444 valence electrons. The van der Waals surface area contributed by atoms with E-state index in [1.807, 2.05) is 38.1 Å². The van der Waals surface area contributed by atoms with E-state index in [0.717, 1.165) is 11.1 Å². The van der Waals surface area contributed by atoms with Crippen molar-refractivity contribution in [3.05, 3.63) is 356 Å². The van der Waals surface area contributed by atoms with Gasteiger partial charge in [0.25, 0.3) is 0 Å². The molecule has 0 heteroatoms. The van der Waals surface area contributed by atoms with Gasteiger partial charge in [0.2, 0.25) is 0 Å². The molecule has 0 aromatic heterocycles. The summed E-state index contributed by atoms with van der Waals surface area (Å²) in [4.78, 5) is 0. The second-order valence-corrected chi connectivity index (χ2v) is 23.0. The number of fused-ring (bicyclic) bond motifs is 2. The zero-order valence-corrected chi connectivity index (χ0v) is 55.4. The number of rotatable bonds is 2. The third kappa shape index (κ3) is 26.3. The van der Waals surface area contributed by atoms with Crippen LogP contribution in [0.2, 0.25) is 0 Å². The molecule has 0 saturated carbocycles. The van der Waals surface area contributed by atoms with E-state index < -0.39 is 0 Å². The standard InChI is InChI=1S/2C14H14.2C12H12.2C10H10.2C8H10/c2*1-11-3-7-13(8-4-11)14-9-5-12(2)6-10-14;2*1-9-3-5-12-8-10(2)4-6-11(12)7-9;2*1-3-4-10-7-5-9(2)6-8-10;2*1-7-3-5-8(2)6-4-7/h2*3-10H,1-2H3;2*3-8H,1-2H3;2*5-8H,1-2H3;2*3-6H,1-2H3. The molecule has 0 atom stereocenters. The Morgan fingerprint density at radius 3 is 0.455 bits per heavy atom. The van der Waals surface area contributed by atoms with E-state index in [1.54, 1.807) is 0 Å². The first-order valence-corrected chi connectivity index (χ1v) is 30.5. The number of hydrogen-bond acceptors (Lipinski definition) is 0. The summed E-state index contributed by atoms with van der Waals surface area (Å²) < 4.78 is 0. The van der Waals surface area contributed by atoms with Gasteiger partial charge in [0.05, 0.1) is 0 Å². The molecule has 0 N–H and O–H groups in total. The van der Waals surface area contributed by atoms with Crippen molar-refractivity contribution in [1.29, 1.82) is 0 Å². The highest BCUT2D eigenvalue weighted by molar-refractivity contribution is 5.84. The molecule has 0 spiro atoms. The molecule has 0 aliphatic rings. The van der Waals surface area contributed by atoms with Crippen molar-refractivity contribution in [3.63, 3.8) is 0 Å². The van der Waals surface area contributed by atoms with Crippen LogP contribution in [0.15, 0.2) is 267 Å². The molecule has 0 unspecified atom stereocenters. The summed E-state index contributed by atoms with van der Waals surface area (Å²) in [6.07, 6.45) is 0. The minimum Gasteiger partial charge on any atom is -0.101 e. The molecule has 0 nitrogen and oxygen atoms in total. The van der Waals surface area contributed by atoms with E-state index in [9.17, 15) is 0 Å². The van der Waals surface area contributed by atoms with E-state index in [0.29, 0.717) is 0 Å². The van der Waals surface area contributed by atoms with Crippen LogP contribution < -0.4 is 0 Å². The van der Waals surface area contributed by atoms with Crippen LogP contribution in [0.5, 0.6) is 0 Å². The van der Waals surface area contributed by atoms with Gasteiger partial charge in [0, 0.05) is 11.1 Å². The first kappa shape index (κ1) is 69.1. The van der Waals surface area contributed by atoms with Crippen molar-refractivity contribution in [2.75, 3.05) is 0 Å². The fraction of sp³-hybridized carbons (Fsp3) is 0.182. The molecule has 0 aliphatic carbocycles. The van der Waals surface area contributed by atoms with Crippen LogP contribution in [-0.4, -0.2) is 0 Å². The molecule has 0 bridgehead atoms. The Bertz CT molecular complexity index is 3610. The van der Waals surface area contributed by atoms with Crippen LogP contribution in [0, 0.1) is 121 Å². The maximum atomic E-state index is 2.98. The van der Waals surface area contributed by atoms with Crippen LogP contribution in [-0.2, 0) is 0 Å². The van der Waals surface area contributed by atoms with E-state index in [-0.39, 0.29) is 0 Å². The summed E-state index contributed by atoms with van der Waals surface area (Å²) in [5, 5.41) is 5.34. The third-order valence-corrected chi connectivity index (χ3v) is 14.3. The molecule has 0 aliphatic heterocycles. The summed E-state index contributed by atoms with van der Waals surface area (Å²) >= 11 is 0. The van der Waals surface area contributed by atoms with Crippen LogP contribution in [0.1, 0.15) is 103 Å². The molecule has 88 heavy (non-hydrogen) atoms. The highest BCUT2D eigenvalue weighted by Gasteiger charge is 1.98. The summed E-state index contributed by atoms with van der Waals surface area (Å²) in [6, 6.07) is 94.1. The van der Waals surface area contributed by atoms with E-state index in [2.05, 4.69) is 363 Å². The van der Waals surface area contributed by atoms with Gasteiger partial charge in [-0.2, -0.15) is 0 Å². The van der Waals surface area contributed by atoms with E-state index in [1.165, 1.54) is 122 Å². The largest absolute Gasteiger partial charge is 0.101 e. The van der Waals surface area contributed by atoms with Crippen LogP contribution in [0.4, 0.5) is 0 Å². The topological polar surface area (TPSA) is 0 Å². The number of hydrogen-bond donors (Lipinski definition) is 0. The molecule has 0 saturated heterocycles. The molecule has 0 heterocycles. The lowest BCUT2D eigenvalue weighted by molar-refractivity contribution is 1.40. The number of benzene rings is 12. The Labute approximate surface area is 531 Å². The van der Waals surface area contributed by atoms with E-state index in [4.69, 9.17) is 0 Å². The molecule has 0 amide bonds. The van der Waals surface area contributed by atoms with Gasteiger partial charge in [0.1, 0.15) is 0 Å². The minimum atomic E-state index is 1.09. The van der Waals surface area contributed by atoms with Gasteiger partial charge in [-0.05, 0) is 179 Å². The predicted molar refractivity (Wildman–Crippen MR) is 389 cm³/mol. The quantitative estimate of drug-likeness (QED) is 0.151. The Hall–Kier alpha value is -9.72. The van der Waals surface area contributed by atoms with Gasteiger partial charge >= 0.3 is 0 Å². The monoisotopic (exact) mass is 1150 g/mol. The molecular formula is C88H92. The van der Waals surface area contributed by atoms with Gasteiger partial charge in [-0.25, -0.2) is 0 Å². The summed E-state index contributed by atoms with van der Waals surface area (Å²) in [5.41, 5.74) is 25.7. The van der Waals surface area contributed by atoms with Gasteiger partial charge in [-0.1, -0.05) is 332 Å². The lowest BCUT2D eigenvalue weighted by atomic mass is 10.0. The zero-order chi connectivity index (χ0) is 63.8. The SMILES string of the molecule is CC#Cc1ccc(C)cc1.CC#Cc1ccc(C)cc1.Cc1ccc(-c2ccc(C)cc2)cc1.Cc1ccc(-c2ccc(C)cc2)cc1.Cc1ccc(C)cc1.Cc1ccc(C)cc1.Cc1ccc2cc(C)ccc2c1.Cc1ccc2cc(C)ccc2c1.